The molecule has 3 heteroatoms. The highest BCUT2D eigenvalue weighted by Gasteiger charge is 2.40. The second kappa shape index (κ2) is 6.32. The molecule has 1 heterocycles. The molecule has 3 unspecified atom stereocenters. The topological polar surface area (TPSA) is 41.6 Å². The van der Waals surface area contributed by atoms with E-state index >= 15 is 0 Å². The Morgan fingerprint density at radius 2 is 1.88 bits per heavy atom. The van der Waals surface area contributed by atoms with Gasteiger partial charge in [-0.2, -0.15) is 15.4 Å². The number of H-pyrrole nitrogens is 1. The Bertz CT molecular complexity index is 923. The molecule has 0 saturated heterocycles. The van der Waals surface area contributed by atoms with E-state index in [1.807, 2.05) is 6.07 Å². The summed E-state index contributed by atoms with van der Waals surface area (Å²) in [5, 5.41) is 11.5. The first kappa shape index (κ1) is 15.8. The molecule has 0 bridgehead atoms. The van der Waals surface area contributed by atoms with E-state index in [0.29, 0.717) is 5.92 Å². The largest absolute Gasteiger partial charge is 0.197 e. The van der Waals surface area contributed by atoms with E-state index < -0.39 is 0 Å². The lowest BCUT2D eigenvalue weighted by Crippen LogP contribution is -2.31. The third kappa shape index (κ3) is 2.60. The van der Waals surface area contributed by atoms with Crippen molar-refractivity contribution in [1.29, 1.82) is 0 Å². The smallest absolute Gasteiger partial charge is 0.116 e. The molecule has 25 heavy (non-hydrogen) atoms. The molecule has 1 N–H and O–H groups in total. The van der Waals surface area contributed by atoms with E-state index in [-0.39, 0.29) is 11.3 Å². The van der Waals surface area contributed by atoms with Crippen LogP contribution in [-0.2, 0) is 0 Å². The van der Waals surface area contributed by atoms with Gasteiger partial charge in [0, 0.05) is 11.3 Å². The zero-order valence-corrected chi connectivity index (χ0v) is 14.7. The predicted octanol–water partition coefficient (Wildman–Crippen LogP) is 5.37. The summed E-state index contributed by atoms with van der Waals surface area (Å²) in [4.78, 5) is 0. The van der Waals surface area contributed by atoms with Crippen LogP contribution in [0, 0.1) is 5.41 Å². The number of para-hydroxylation sites is 1. The molecule has 0 spiro atoms. The van der Waals surface area contributed by atoms with Crippen LogP contribution in [0.3, 0.4) is 0 Å². The number of aromatic nitrogens is 3. The normalized spacial score (nSPS) is 23.8. The van der Waals surface area contributed by atoms with Gasteiger partial charge in [0.15, 0.2) is 0 Å². The molecule has 0 fully saturated rings. The van der Waals surface area contributed by atoms with Crippen LogP contribution in [-0.4, -0.2) is 15.4 Å². The molecule has 4 rings (SSSR count). The lowest BCUT2D eigenvalue weighted by molar-refractivity contribution is 0.291. The molecule has 0 saturated carbocycles. The average molecular weight is 329 g/mol. The number of aromatic amines is 1. The van der Waals surface area contributed by atoms with Crippen molar-refractivity contribution in [2.75, 3.05) is 0 Å². The lowest BCUT2D eigenvalue weighted by atomic mass is 9.61. The van der Waals surface area contributed by atoms with Crippen molar-refractivity contribution in [3.05, 3.63) is 84.0 Å². The summed E-state index contributed by atoms with van der Waals surface area (Å²) in [5.41, 5.74) is 4.52. The van der Waals surface area contributed by atoms with Gasteiger partial charge in [-0.25, -0.2) is 0 Å². The summed E-state index contributed by atoms with van der Waals surface area (Å²) >= 11 is 0. The van der Waals surface area contributed by atoms with E-state index in [1.165, 1.54) is 11.1 Å². The number of nitrogens with one attached hydrogen (secondary N) is 1. The third-order valence-electron chi connectivity index (χ3n) is 5.61. The SMILES string of the molecule is CCC(c1ccccc1)C1(C)C=CC=CC1c1cccc2n[nH]nc12. The van der Waals surface area contributed by atoms with Crippen molar-refractivity contribution >= 4 is 11.0 Å². The lowest BCUT2D eigenvalue weighted by Gasteiger charge is -2.42. The van der Waals surface area contributed by atoms with Crippen LogP contribution in [0.25, 0.3) is 11.0 Å². The molecule has 2 aromatic carbocycles. The van der Waals surface area contributed by atoms with Crippen LogP contribution in [0.2, 0.25) is 0 Å². The maximum Gasteiger partial charge on any atom is 0.116 e. The van der Waals surface area contributed by atoms with Crippen molar-refractivity contribution in [3.63, 3.8) is 0 Å². The summed E-state index contributed by atoms with van der Waals surface area (Å²) in [7, 11) is 0. The quantitative estimate of drug-likeness (QED) is 0.699. The predicted molar refractivity (Wildman–Crippen MR) is 102 cm³/mol. The molecule has 1 aliphatic carbocycles. The van der Waals surface area contributed by atoms with Crippen LogP contribution in [0.5, 0.6) is 0 Å². The second-order valence-corrected chi connectivity index (χ2v) is 7.00. The number of fused-ring (bicyclic) bond motifs is 1. The second-order valence-electron chi connectivity index (χ2n) is 7.00. The number of benzene rings is 2. The fourth-order valence-electron chi connectivity index (χ4n) is 4.38. The molecule has 1 aliphatic rings. The molecule has 3 aromatic rings. The average Bonchev–Trinajstić information content (AvgIpc) is 3.12. The number of hydrogen-bond donors (Lipinski definition) is 1. The third-order valence-corrected chi connectivity index (χ3v) is 5.61. The Kier molecular flexibility index (Phi) is 4.00. The van der Waals surface area contributed by atoms with Gasteiger partial charge in [0.2, 0.25) is 0 Å². The molecule has 0 aliphatic heterocycles. The zero-order chi connectivity index (χ0) is 17.3. The van der Waals surface area contributed by atoms with Crippen molar-refractivity contribution in [2.24, 2.45) is 5.41 Å². The Morgan fingerprint density at radius 1 is 1.04 bits per heavy atom. The van der Waals surface area contributed by atoms with Crippen LogP contribution in [0.15, 0.2) is 72.8 Å². The zero-order valence-electron chi connectivity index (χ0n) is 14.7. The molecular weight excluding hydrogens is 306 g/mol. The molecule has 3 atom stereocenters. The van der Waals surface area contributed by atoms with Gasteiger partial charge in [-0.3, -0.25) is 0 Å². The maximum absolute atomic E-state index is 4.42. The van der Waals surface area contributed by atoms with Gasteiger partial charge >= 0.3 is 0 Å². The summed E-state index contributed by atoms with van der Waals surface area (Å²) < 4.78 is 0. The first-order chi connectivity index (χ1) is 12.2. The Balaban J connectivity index is 1.85. The van der Waals surface area contributed by atoms with Crippen molar-refractivity contribution in [3.8, 4) is 0 Å². The van der Waals surface area contributed by atoms with E-state index in [2.05, 4.69) is 96.0 Å². The van der Waals surface area contributed by atoms with Gasteiger partial charge in [-0.05, 0) is 29.5 Å². The summed E-state index contributed by atoms with van der Waals surface area (Å²) in [6, 6.07) is 17.1. The Hall–Kier alpha value is -2.68. The maximum atomic E-state index is 4.42. The molecular formula is C22H23N3. The molecule has 1 aromatic heterocycles. The highest BCUT2D eigenvalue weighted by Crippen LogP contribution is 2.52. The van der Waals surface area contributed by atoms with Crippen molar-refractivity contribution in [2.45, 2.75) is 32.1 Å². The number of allylic oxidation sites excluding steroid dienone is 4. The van der Waals surface area contributed by atoms with Crippen LogP contribution < -0.4 is 0 Å². The molecule has 3 nitrogen and oxygen atoms in total. The minimum absolute atomic E-state index is 0.0158. The highest BCUT2D eigenvalue weighted by atomic mass is 15.3. The summed E-state index contributed by atoms with van der Waals surface area (Å²) in [6.07, 6.45) is 10.1. The van der Waals surface area contributed by atoms with Gasteiger partial charge in [0.1, 0.15) is 11.0 Å². The van der Waals surface area contributed by atoms with Gasteiger partial charge in [0.25, 0.3) is 0 Å². The van der Waals surface area contributed by atoms with Crippen molar-refractivity contribution < 1.29 is 0 Å². The summed E-state index contributed by atoms with van der Waals surface area (Å²) in [6.45, 7) is 4.65. The molecule has 0 amide bonds. The Labute approximate surface area is 148 Å². The fraction of sp³-hybridized carbons (Fsp3) is 0.273. The summed E-state index contributed by atoms with van der Waals surface area (Å²) in [5.74, 6) is 0.693. The first-order valence-corrected chi connectivity index (χ1v) is 8.94. The van der Waals surface area contributed by atoms with Gasteiger partial charge in [-0.1, -0.05) is 80.6 Å². The Morgan fingerprint density at radius 3 is 2.68 bits per heavy atom. The van der Waals surface area contributed by atoms with Gasteiger partial charge in [0.05, 0.1) is 0 Å². The van der Waals surface area contributed by atoms with Gasteiger partial charge < -0.3 is 0 Å². The number of rotatable bonds is 4. The standard InChI is InChI=1S/C22H23N3/c1-3-18(16-10-5-4-6-11-16)22(2)15-8-7-13-19(22)17-12-9-14-20-21(17)24-25-23-20/h4-15,18-19H,3H2,1-2H3,(H,23,24,25). The first-order valence-electron chi connectivity index (χ1n) is 8.94. The fourth-order valence-corrected chi connectivity index (χ4v) is 4.38. The van der Waals surface area contributed by atoms with E-state index in [1.54, 1.807) is 0 Å². The van der Waals surface area contributed by atoms with E-state index in [9.17, 15) is 0 Å². The highest BCUT2D eigenvalue weighted by molar-refractivity contribution is 5.78. The van der Waals surface area contributed by atoms with Gasteiger partial charge in [-0.15, -0.1) is 0 Å². The number of nitrogens with zero attached hydrogens (tertiary/aromatic N) is 2. The monoisotopic (exact) mass is 329 g/mol. The minimum atomic E-state index is -0.0158. The number of hydrogen-bond acceptors (Lipinski definition) is 2. The van der Waals surface area contributed by atoms with E-state index in [0.717, 1.165) is 17.5 Å². The van der Waals surface area contributed by atoms with Crippen LogP contribution in [0.4, 0.5) is 0 Å². The molecule has 126 valence electrons. The van der Waals surface area contributed by atoms with Crippen LogP contribution in [0.1, 0.15) is 43.2 Å². The van der Waals surface area contributed by atoms with E-state index in [4.69, 9.17) is 0 Å². The van der Waals surface area contributed by atoms with Crippen molar-refractivity contribution in [1.82, 2.24) is 15.4 Å². The van der Waals surface area contributed by atoms with Crippen LogP contribution >= 0.6 is 0 Å². The molecule has 0 radical (unpaired) electrons. The minimum Gasteiger partial charge on any atom is -0.197 e.